The van der Waals surface area contributed by atoms with Crippen LogP contribution in [0.1, 0.15) is 361 Å². The van der Waals surface area contributed by atoms with Gasteiger partial charge >= 0.3 is 0 Å². The number of allylic oxidation sites excluding steroid dienone is 3. The minimum atomic E-state index is -4.60. The molecule has 3 atom stereocenters. The molecule has 2 N–H and O–H groups in total. The lowest BCUT2D eigenvalue weighted by Crippen LogP contribution is -2.45. The summed E-state index contributed by atoms with van der Waals surface area (Å²) in [6, 6.07) is -0.885. The van der Waals surface area contributed by atoms with Crippen LogP contribution in [0.3, 0.4) is 0 Å². The van der Waals surface area contributed by atoms with Gasteiger partial charge in [0.05, 0.1) is 39.9 Å². The molecule has 0 fully saturated rings. The maximum atomic E-state index is 13.0. The van der Waals surface area contributed by atoms with Crippen molar-refractivity contribution >= 4 is 13.7 Å². The number of quaternary nitrogens is 1. The number of phosphoric acid groups is 1. The summed E-state index contributed by atoms with van der Waals surface area (Å²) in [5.74, 6) is -0.189. The van der Waals surface area contributed by atoms with Crippen LogP contribution in [-0.4, -0.2) is 68.5 Å². The number of hydrogen-bond acceptors (Lipinski definition) is 6. The molecular formula is C69H137N2O6P. The monoisotopic (exact) mass is 1120 g/mol. The van der Waals surface area contributed by atoms with Gasteiger partial charge in [-0.15, -0.1) is 0 Å². The van der Waals surface area contributed by atoms with Crippen LogP contribution in [0.15, 0.2) is 24.3 Å². The average Bonchev–Trinajstić information content (AvgIpc) is 3.41. The third-order valence-electron chi connectivity index (χ3n) is 16.2. The molecule has 0 aromatic carbocycles. The minimum Gasteiger partial charge on any atom is -0.756 e. The Morgan fingerprint density at radius 3 is 1.00 bits per heavy atom. The molecule has 0 radical (unpaired) electrons. The molecule has 9 heteroatoms. The molecule has 0 saturated heterocycles. The molecule has 0 heterocycles. The van der Waals surface area contributed by atoms with Crippen molar-refractivity contribution in [2.24, 2.45) is 0 Å². The maximum Gasteiger partial charge on any atom is 0.268 e. The molecule has 1 amide bonds. The van der Waals surface area contributed by atoms with E-state index < -0.39 is 20.0 Å². The van der Waals surface area contributed by atoms with Crippen molar-refractivity contribution in [3.05, 3.63) is 24.3 Å². The van der Waals surface area contributed by atoms with E-state index in [2.05, 4.69) is 31.3 Å². The fourth-order valence-electron chi connectivity index (χ4n) is 10.7. The maximum absolute atomic E-state index is 13.0. The molecule has 8 nitrogen and oxygen atoms in total. The number of nitrogens with zero attached hydrogens (tertiary/aromatic N) is 1. The smallest absolute Gasteiger partial charge is 0.268 e. The summed E-state index contributed by atoms with van der Waals surface area (Å²) >= 11 is 0. The van der Waals surface area contributed by atoms with E-state index in [9.17, 15) is 19.4 Å². The highest BCUT2D eigenvalue weighted by atomic mass is 31.2. The first kappa shape index (κ1) is 77.0. The lowest BCUT2D eigenvalue weighted by atomic mass is 10.0. The summed E-state index contributed by atoms with van der Waals surface area (Å²) in [5.41, 5.74) is 0. The molecule has 0 saturated carbocycles. The molecule has 464 valence electrons. The summed E-state index contributed by atoms with van der Waals surface area (Å²) in [4.78, 5) is 25.6. The molecule has 0 aliphatic heterocycles. The first-order valence-corrected chi connectivity index (χ1v) is 36.2. The number of unbranched alkanes of at least 4 members (excludes halogenated alkanes) is 50. The first-order valence-electron chi connectivity index (χ1n) is 34.7. The van der Waals surface area contributed by atoms with E-state index in [0.717, 1.165) is 38.5 Å². The zero-order valence-corrected chi connectivity index (χ0v) is 54.0. The van der Waals surface area contributed by atoms with Gasteiger partial charge in [0.15, 0.2) is 0 Å². The van der Waals surface area contributed by atoms with Gasteiger partial charge in [0.1, 0.15) is 13.2 Å². The summed E-state index contributed by atoms with van der Waals surface area (Å²) in [6.45, 7) is 4.71. The fourth-order valence-corrected chi connectivity index (χ4v) is 11.5. The standard InChI is InChI=1S/C69H137N2O6P/c1-6-8-10-12-14-16-18-20-22-24-26-28-30-31-32-33-34-35-36-37-38-39-41-43-45-47-49-51-53-55-57-59-61-63-69(73)70-67(66-77-78(74,75)76-65-64-71(3,4)5)68(72)62-60-58-56-54-52-50-48-46-44-42-40-29-27-25-23-21-19-17-15-13-11-9-7-2/h31-32,60,62,67-68,72H,6-30,33-59,61,63-66H2,1-5H3,(H-,70,73,74,75)/b32-31-,62-60+. The second-order valence-electron chi connectivity index (χ2n) is 25.2. The number of aliphatic hydroxyl groups is 1. The third kappa shape index (κ3) is 62.6. The lowest BCUT2D eigenvalue weighted by Gasteiger charge is -2.29. The average molecular weight is 1120 g/mol. The minimum absolute atomic E-state index is 0.00174. The number of aliphatic hydroxyl groups excluding tert-OH is 1. The molecule has 0 rings (SSSR count). The third-order valence-corrected chi connectivity index (χ3v) is 17.1. The first-order chi connectivity index (χ1) is 38.0. The van der Waals surface area contributed by atoms with E-state index in [1.165, 1.54) is 302 Å². The zero-order valence-electron chi connectivity index (χ0n) is 53.2. The van der Waals surface area contributed by atoms with Crippen LogP contribution in [0.4, 0.5) is 0 Å². The molecule has 0 aromatic rings. The molecule has 0 aromatic heterocycles. The highest BCUT2D eigenvalue weighted by Gasteiger charge is 2.23. The quantitative estimate of drug-likeness (QED) is 0.0272. The van der Waals surface area contributed by atoms with Gasteiger partial charge in [-0.25, -0.2) is 0 Å². The zero-order chi connectivity index (χ0) is 57.0. The van der Waals surface area contributed by atoms with Crippen molar-refractivity contribution in [1.82, 2.24) is 5.32 Å². The van der Waals surface area contributed by atoms with Gasteiger partial charge in [-0.2, -0.15) is 0 Å². The fraction of sp³-hybridized carbons (Fsp3) is 0.928. The van der Waals surface area contributed by atoms with Crippen molar-refractivity contribution in [1.29, 1.82) is 0 Å². The molecule has 0 spiro atoms. The number of carbonyl (C=O) groups is 1. The number of carbonyl (C=O) groups excluding carboxylic acids is 1. The van der Waals surface area contributed by atoms with E-state index in [4.69, 9.17) is 9.05 Å². The largest absolute Gasteiger partial charge is 0.756 e. The van der Waals surface area contributed by atoms with Gasteiger partial charge in [0.2, 0.25) is 5.91 Å². The molecular weight excluding hydrogens is 984 g/mol. The summed E-state index contributed by atoms with van der Waals surface area (Å²) < 4.78 is 23.5. The number of likely N-dealkylation sites (N-methyl/N-ethyl adjacent to an activating group) is 1. The Kier molecular flexibility index (Phi) is 59.8. The Hall–Kier alpha value is -1.02. The van der Waals surface area contributed by atoms with E-state index in [1.54, 1.807) is 6.08 Å². The molecule has 0 aliphatic rings. The second-order valence-corrected chi connectivity index (χ2v) is 26.7. The van der Waals surface area contributed by atoms with Crippen LogP contribution < -0.4 is 10.2 Å². The Balaban J connectivity index is 4.02. The molecule has 78 heavy (non-hydrogen) atoms. The van der Waals surface area contributed by atoms with Gasteiger partial charge in [-0.3, -0.25) is 9.36 Å². The van der Waals surface area contributed by atoms with E-state index >= 15 is 0 Å². The lowest BCUT2D eigenvalue weighted by molar-refractivity contribution is -0.870. The molecule has 0 bridgehead atoms. The van der Waals surface area contributed by atoms with Crippen LogP contribution in [0, 0.1) is 0 Å². The van der Waals surface area contributed by atoms with Gasteiger partial charge < -0.3 is 28.8 Å². The summed E-state index contributed by atoms with van der Waals surface area (Å²) in [6.07, 6.45) is 78.7. The van der Waals surface area contributed by atoms with E-state index in [-0.39, 0.29) is 19.1 Å². The second kappa shape index (κ2) is 60.6. The number of phosphoric ester groups is 1. The topological polar surface area (TPSA) is 108 Å². The Morgan fingerprint density at radius 2 is 0.705 bits per heavy atom. The van der Waals surface area contributed by atoms with Crippen molar-refractivity contribution in [2.75, 3.05) is 40.9 Å². The summed E-state index contributed by atoms with van der Waals surface area (Å²) in [5, 5.41) is 14.0. The van der Waals surface area contributed by atoms with Gasteiger partial charge in [0.25, 0.3) is 7.82 Å². The predicted molar refractivity (Wildman–Crippen MR) is 339 cm³/mol. The van der Waals surface area contributed by atoms with Gasteiger partial charge in [0, 0.05) is 6.42 Å². The summed E-state index contributed by atoms with van der Waals surface area (Å²) in [7, 11) is 1.28. The van der Waals surface area contributed by atoms with E-state index in [0.29, 0.717) is 17.4 Å². The van der Waals surface area contributed by atoms with Crippen molar-refractivity contribution in [3.63, 3.8) is 0 Å². The van der Waals surface area contributed by atoms with Crippen LogP contribution in [0.5, 0.6) is 0 Å². The SMILES string of the molecule is CCCCCCCCCCCCCC/C=C\CCCCCCCCCCCCCCCCCCCC(=O)NC(COP(=O)([O-])OCC[N+](C)(C)C)C(O)/C=C/CCCCCCCCCCCCCCCCCCCCCCC. The number of hydrogen-bond donors (Lipinski definition) is 2. The predicted octanol–water partition coefficient (Wildman–Crippen LogP) is 21.3. The van der Waals surface area contributed by atoms with Gasteiger partial charge in [-0.1, -0.05) is 334 Å². The van der Waals surface area contributed by atoms with Crippen molar-refractivity contribution < 1.29 is 32.9 Å². The number of nitrogens with one attached hydrogen (secondary N) is 1. The Labute approximate surface area is 487 Å². The van der Waals surface area contributed by atoms with Crippen LogP contribution in [0.25, 0.3) is 0 Å². The Bertz CT molecular complexity index is 1320. The van der Waals surface area contributed by atoms with Gasteiger partial charge in [-0.05, 0) is 44.9 Å². The van der Waals surface area contributed by atoms with Crippen LogP contribution >= 0.6 is 7.82 Å². The van der Waals surface area contributed by atoms with E-state index in [1.807, 2.05) is 27.2 Å². The van der Waals surface area contributed by atoms with Crippen LogP contribution in [-0.2, 0) is 18.4 Å². The number of amides is 1. The Morgan fingerprint density at radius 1 is 0.436 bits per heavy atom. The highest BCUT2D eigenvalue weighted by molar-refractivity contribution is 7.45. The highest BCUT2D eigenvalue weighted by Crippen LogP contribution is 2.38. The van der Waals surface area contributed by atoms with Crippen molar-refractivity contribution in [2.45, 2.75) is 373 Å². The molecule has 3 unspecified atom stereocenters. The van der Waals surface area contributed by atoms with Crippen molar-refractivity contribution in [3.8, 4) is 0 Å². The molecule has 0 aliphatic carbocycles. The normalized spacial score (nSPS) is 13.8. The number of rotatable bonds is 65. The van der Waals surface area contributed by atoms with Crippen LogP contribution in [0.2, 0.25) is 0 Å².